The smallest absolute Gasteiger partial charge is 0.412 e. The summed E-state index contributed by atoms with van der Waals surface area (Å²) in [5, 5.41) is 17.6. The number of nitrogens with zero attached hydrogens (tertiary/aromatic N) is 1. The Morgan fingerprint density at radius 3 is 2.22 bits per heavy atom. The second kappa shape index (κ2) is 12.2. The summed E-state index contributed by atoms with van der Waals surface area (Å²) in [6.45, 7) is -0.880. The van der Waals surface area contributed by atoms with Crippen LogP contribution in [0.5, 0.6) is 5.75 Å². The molecular weight excluding hydrogens is 416 g/mol. The molecule has 170 valence electrons. The van der Waals surface area contributed by atoms with Gasteiger partial charge in [-0.3, -0.25) is 10.3 Å². The molecule has 1 amide bonds. The van der Waals surface area contributed by atoms with Crippen LogP contribution >= 0.6 is 0 Å². The number of para-hydroxylation sites is 1. The van der Waals surface area contributed by atoms with Gasteiger partial charge in [0.25, 0.3) is 0 Å². The van der Waals surface area contributed by atoms with Gasteiger partial charge in [-0.1, -0.05) is 48.5 Å². The monoisotopic (exact) mass is 442 g/mol. The molecule has 32 heavy (non-hydrogen) atoms. The molecule has 6 N–H and O–H groups in total. The molecule has 2 rings (SSSR count). The third-order valence-electron chi connectivity index (χ3n) is 4.59. The molecule has 0 fully saturated rings. The van der Waals surface area contributed by atoms with Crippen LogP contribution in [0.15, 0.2) is 60.7 Å². The molecule has 2 aromatic rings. The molecule has 0 radical (unpaired) electrons. The number of aldehydes is 1. The van der Waals surface area contributed by atoms with Gasteiger partial charge < -0.3 is 30.8 Å². The number of amides is 1. The molecule has 0 saturated heterocycles. The summed E-state index contributed by atoms with van der Waals surface area (Å²) >= 11 is 0. The molecule has 0 aliphatic rings. The molecule has 0 heterocycles. The summed E-state index contributed by atoms with van der Waals surface area (Å²) in [7, 11) is 0. The molecule has 2 aromatic carbocycles. The van der Waals surface area contributed by atoms with Gasteiger partial charge in [0, 0.05) is 6.42 Å². The lowest BCUT2D eigenvalue weighted by Crippen LogP contribution is -2.60. The SMILES string of the molecule is N=C(N)C(CO)[C@@H](C(=O)Oc1ccccc1)N(C(=O)OCc1ccccc1)C(N)CC=O. The minimum Gasteiger partial charge on any atom is -0.444 e. The van der Waals surface area contributed by atoms with Crippen LogP contribution in [-0.2, 0) is 20.9 Å². The zero-order valence-corrected chi connectivity index (χ0v) is 17.3. The molecule has 0 saturated carbocycles. The van der Waals surface area contributed by atoms with E-state index in [1.165, 1.54) is 12.1 Å². The molecule has 3 atom stereocenters. The zero-order valence-electron chi connectivity index (χ0n) is 17.3. The number of nitrogens with two attached hydrogens (primary N) is 2. The van der Waals surface area contributed by atoms with E-state index in [2.05, 4.69) is 0 Å². The number of carbonyl (C=O) groups is 3. The number of amidine groups is 1. The Kier molecular flexibility index (Phi) is 9.33. The lowest BCUT2D eigenvalue weighted by atomic mass is 9.97. The minimum atomic E-state index is -1.61. The second-order valence-electron chi connectivity index (χ2n) is 6.84. The van der Waals surface area contributed by atoms with Crippen LogP contribution in [0.3, 0.4) is 0 Å². The lowest BCUT2D eigenvalue weighted by molar-refractivity contribution is -0.143. The molecule has 0 spiro atoms. The summed E-state index contributed by atoms with van der Waals surface area (Å²) in [5.74, 6) is -2.73. The highest BCUT2D eigenvalue weighted by Crippen LogP contribution is 2.20. The van der Waals surface area contributed by atoms with Gasteiger partial charge in [0.15, 0.2) is 0 Å². The van der Waals surface area contributed by atoms with Gasteiger partial charge in [-0.05, 0) is 17.7 Å². The van der Waals surface area contributed by atoms with Crippen molar-refractivity contribution in [2.45, 2.75) is 25.2 Å². The summed E-state index contributed by atoms with van der Waals surface area (Å²) in [4.78, 5) is 37.9. The number of benzene rings is 2. The number of hydrogen-bond donors (Lipinski definition) is 4. The first kappa shape index (κ1) is 24.5. The van der Waals surface area contributed by atoms with Crippen LogP contribution in [0.25, 0.3) is 0 Å². The van der Waals surface area contributed by atoms with Crippen molar-refractivity contribution in [1.29, 1.82) is 5.41 Å². The normalized spacial score (nSPS) is 13.3. The number of ether oxygens (including phenoxy) is 2. The predicted molar refractivity (Wildman–Crippen MR) is 115 cm³/mol. The highest BCUT2D eigenvalue weighted by molar-refractivity contribution is 5.91. The molecule has 10 nitrogen and oxygen atoms in total. The summed E-state index contributed by atoms with van der Waals surface area (Å²) in [6, 6.07) is 15.2. The van der Waals surface area contributed by atoms with Gasteiger partial charge in [-0.15, -0.1) is 0 Å². The van der Waals surface area contributed by atoms with Crippen LogP contribution in [-0.4, -0.2) is 53.0 Å². The average molecular weight is 442 g/mol. The van der Waals surface area contributed by atoms with E-state index in [1.54, 1.807) is 48.5 Å². The first-order chi connectivity index (χ1) is 15.4. The van der Waals surface area contributed by atoms with E-state index in [0.717, 1.165) is 4.90 Å². The van der Waals surface area contributed by atoms with E-state index in [-0.39, 0.29) is 18.8 Å². The third-order valence-corrected chi connectivity index (χ3v) is 4.59. The van der Waals surface area contributed by atoms with Crippen molar-refractivity contribution in [2.24, 2.45) is 17.4 Å². The molecule has 10 heteroatoms. The van der Waals surface area contributed by atoms with E-state index >= 15 is 0 Å². The fraction of sp³-hybridized carbons (Fsp3) is 0.273. The van der Waals surface area contributed by atoms with Crippen LogP contribution in [0, 0.1) is 11.3 Å². The van der Waals surface area contributed by atoms with E-state index in [0.29, 0.717) is 11.8 Å². The topological polar surface area (TPSA) is 169 Å². The van der Waals surface area contributed by atoms with E-state index < -0.39 is 42.6 Å². The minimum absolute atomic E-state index is 0.131. The van der Waals surface area contributed by atoms with Crippen molar-refractivity contribution in [3.05, 3.63) is 66.2 Å². The Morgan fingerprint density at radius 2 is 1.69 bits per heavy atom. The summed E-state index contributed by atoms with van der Waals surface area (Å²) in [6.07, 6.45) is -2.18. The molecule has 2 unspecified atom stereocenters. The van der Waals surface area contributed by atoms with Gasteiger partial charge in [0.2, 0.25) is 0 Å². The third kappa shape index (κ3) is 6.62. The Bertz CT molecular complexity index is 909. The first-order valence-electron chi connectivity index (χ1n) is 9.78. The van der Waals surface area contributed by atoms with Crippen LogP contribution in [0.2, 0.25) is 0 Å². The number of esters is 1. The van der Waals surface area contributed by atoms with Gasteiger partial charge >= 0.3 is 12.1 Å². The standard InChI is InChI=1S/C22H26N4O6/c23-18(11-12-27)26(22(30)31-14-15-7-3-1-4-8-15)19(17(13-28)20(24)25)21(29)32-16-9-5-2-6-10-16/h1-10,12,17-19,28H,11,13-14,23H2,(H3,24,25)/t17?,18?,19-/m0/s1. The van der Waals surface area contributed by atoms with Crippen molar-refractivity contribution >= 4 is 24.2 Å². The highest BCUT2D eigenvalue weighted by Gasteiger charge is 2.43. The second-order valence-corrected chi connectivity index (χ2v) is 6.84. The fourth-order valence-electron chi connectivity index (χ4n) is 2.97. The number of rotatable bonds is 11. The number of nitrogens with one attached hydrogen (secondary N) is 1. The van der Waals surface area contributed by atoms with Crippen LogP contribution in [0.4, 0.5) is 4.79 Å². The quantitative estimate of drug-likeness (QED) is 0.0998. The van der Waals surface area contributed by atoms with E-state index in [1.807, 2.05) is 0 Å². The molecular formula is C22H26N4O6. The largest absolute Gasteiger partial charge is 0.444 e. The van der Waals surface area contributed by atoms with Gasteiger partial charge in [0.05, 0.1) is 24.5 Å². The van der Waals surface area contributed by atoms with Gasteiger partial charge in [-0.25, -0.2) is 9.59 Å². The van der Waals surface area contributed by atoms with Gasteiger partial charge in [0.1, 0.15) is 24.7 Å². The predicted octanol–water partition coefficient (Wildman–Crippen LogP) is 1.02. The van der Waals surface area contributed by atoms with Crippen molar-refractivity contribution in [2.75, 3.05) is 6.61 Å². The zero-order chi connectivity index (χ0) is 23.5. The highest BCUT2D eigenvalue weighted by atomic mass is 16.6. The Labute approximate surface area is 185 Å². The van der Waals surface area contributed by atoms with Crippen molar-refractivity contribution in [3.8, 4) is 5.75 Å². The van der Waals surface area contributed by atoms with Crippen molar-refractivity contribution in [3.63, 3.8) is 0 Å². The number of aliphatic hydroxyl groups is 1. The fourth-order valence-corrected chi connectivity index (χ4v) is 2.97. The van der Waals surface area contributed by atoms with Crippen molar-refractivity contribution in [1.82, 2.24) is 4.90 Å². The summed E-state index contributed by atoms with van der Waals surface area (Å²) < 4.78 is 10.6. The van der Waals surface area contributed by atoms with Crippen LogP contribution in [0.1, 0.15) is 12.0 Å². The Morgan fingerprint density at radius 1 is 1.09 bits per heavy atom. The maximum atomic E-state index is 13.1. The van der Waals surface area contributed by atoms with Crippen LogP contribution < -0.4 is 16.2 Å². The lowest BCUT2D eigenvalue weighted by Gasteiger charge is -2.36. The maximum Gasteiger partial charge on any atom is 0.412 e. The molecule has 0 aliphatic heterocycles. The Balaban J connectivity index is 2.37. The molecule has 0 aliphatic carbocycles. The molecule has 0 bridgehead atoms. The average Bonchev–Trinajstić information content (AvgIpc) is 2.78. The number of hydrogen-bond acceptors (Lipinski definition) is 8. The van der Waals surface area contributed by atoms with Crippen molar-refractivity contribution < 1.29 is 29.0 Å². The Hall–Kier alpha value is -3.76. The first-order valence-corrected chi connectivity index (χ1v) is 9.78. The van der Waals surface area contributed by atoms with E-state index in [9.17, 15) is 19.5 Å². The van der Waals surface area contributed by atoms with E-state index in [4.69, 9.17) is 26.4 Å². The maximum absolute atomic E-state index is 13.1. The number of carbonyl (C=O) groups excluding carboxylic acids is 3. The molecule has 0 aromatic heterocycles. The van der Waals surface area contributed by atoms with Gasteiger partial charge in [-0.2, -0.15) is 0 Å². The number of aliphatic hydroxyl groups excluding tert-OH is 1. The summed E-state index contributed by atoms with van der Waals surface area (Å²) in [5.41, 5.74) is 12.3.